The first kappa shape index (κ1) is 22.6. The zero-order valence-electron chi connectivity index (χ0n) is 17.1. The molecule has 0 saturated carbocycles. The Hall–Kier alpha value is -1.10. The van der Waals surface area contributed by atoms with Crippen LogP contribution < -0.4 is 15.4 Å². The number of nitrogens with one attached hydrogen (secondary N) is 2. The van der Waals surface area contributed by atoms with E-state index in [9.17, 15) is 0 Å². The fourth-order valence-electron chi connectivity index (χ4n) is 4.21. The first-order valence-corrected chi connectivity index (χ1v) is 10.4. The van der Waals surface area contributed by atoms with Gasteiger partial charge in [-0.15, -0.1) is 24.0 Å². The van der Waals surface area contributed by atoms with E-state index in [0.717, 1.165) is 57.4 Å². The molecule has 3 aliphatic heterocycles. The summed E-state index contributed by atoms with van der Waals surface area (Å²) in [6.07, 6.45) is 4.22. The third-order valence-corrected chi connectivity index (χ3v) is 5.79. The molecule has 0 aromatic heterocycles. The lowest BCUT2D eigenvalue weighted by Crippen LogP contribution is -2.47. The van der Waals surface area contributed by atoms with Gasteiger partial charge in [0.25, 0.3) is 0 Å². The van der Waals surface area contributed by atoms with Crippen LogP contribution in [-0.2, 0) is 16.0 Å². The lowest BCUT2D eigenvalue weighted by atomic mass is 9.96. The van der Waals surface area contributed by atoms with Crippen LogP contribution in [0.15, 0.2) is 29.3 Å². The van der Waals surface area contributed by atoms with E-state index in [1.807, 2.05) is 19.2 Å². The Bertz CT molecular complexity index is 669. The molecule has 0 radical (unpaired) electrons. The van der Waals surface area contributed by atoms with Crippen LogP contribution in [0.2, 0.25) is 0 Å². The monoisotopic (exact) mass is 516 g/mol. The number of hydrogen-bond acceptors (Lipinski definition) is 5. The van der Waals surface area contributed by atoms with Crippen molar-refractivity contribution in [2.24, 2.45) is 4.99 Å². The van der Waals surface area contributed by atoms with Crippen LogP contribution in [0, 0.1) is 0 Å². The van der Waals surface area contributed by atoms with E-state index >= 15 is 0 Å². The highest BCUT2D eigenvalue weighted by atomic mass is 127. The molecule has 7 nitrogen and oxygen atoms in total. The first-order chi connectivity index (χ1) is 13.8. The van der Waals surface area contributed by atoms with Gasteiger partial charge in [0.15, 0.2) is 5.96 Å². The maximum atomic E-state index is 5.95. The molecule has 2 bridgehead atoms. The average molecular weight is 516 g/mol. The quantitative estimate of drug-likeness (QED) is 0.329. The molecule has 29 heavy (non-hydrogen) atoms. The number of morpholine rings is 1. The van der Waals surface area contributed by atoms with Crippen LogP contribution in [-0.4, -0.2) is 75.6 Å². The largest absolute Gasteiger partial charge is 0.492 e. The number of nitrogens with zero attached hydrogens (tertiary/aromatic N) is 2. The van der Waals surface area contributed by atoms with Gasteiger partial charge < -0.3 is 24.8 Å². The Labute approximate surface area is 190 Å². The molecule has 2 N–H and O–H groups in total. The molecular formula is C21H33IN4O3. The molecule has 0 aliphatic carbocycles. The first-order valence-electron chi connectivity index (χ1n) is 10.4. The Kier molecular flexibility index (Phi) is 8.83. The van der Waals surface area contributed by atoms with Gasteiger partial charge >= 0.3 is 0 Å². The fraction of sp³-hybridized carbons (Fsp3) is 0.667. The number of rotatable bonds is 7. The highest BCUT2D eigenvalue weighted by molar-refractivity contribution is 14.0. The summed E-state index contributed by atoms with van der Waals surface area (Å²) in [5.74, 6) is 1.75. The molecule has 3 aliphatic rings. The molecule has 3 fully saturated rings. The number of hydrogen-bond donors (Lipinski definition) is 2. The second-order valence-corrected chi connectivity index (χ2v) is 7.74. The van der Waals surface area contributed by atoms with E-state index in [-0.39, 0.29) is 24.0 Å². The summed E-state index contributed by atoms with van der Waals surface area (Å²) in [4.78, 5) is 6.74. The van der Waals surface area contributed by atoms with Crippen molar-refractivity contribution in [1.82, 2.24) is 15.5 Å². The van der Waals surface area contributed by atoms with Gasteiger partial charge in [0.05, 0.1) is 31.5 Å². The molecule has 3 heterocycles. The van der Waals surface area contributed by atoms with E-state index in [2.05, 4.69) is 32.7 Å². The molecule has 1 aromatic rings. The second-order valence-electron chi connectivity index (χ2n) is 7.74. The highest BCUT2D eigenvalue weighted by Crippen LogP contribution is 2.34. The minimum Gasteiger partial charge on any atom is -0.492 e. The van der Waals surface area contributed by atoms with E-state index in [1.165, 1.54) is 12.0 Å². The summed E-state index contributed by atoms with van der Waals surface area (Å²) in [6.45, 7) is 5.98. The topological polar surface area (TPSA) is 67.4 Å². The van der Waals surface area contributed by atoms with Crippen LogP contribution in [0.5, 0.6) is 5.75 Å². The van der Waals surface area contributed by atoms with Crippen molar-refractivity contribution in [3.63, 3.8) is 0 Å². The summed E-state index contributed by atoms with van der Waals surface area (Å²) < 4.78 is 17.2. The van der Waals surface area contributed by atoms with Gasteiger partial charge in [0.1, 0.15) is 12.4 Å². The van der Waals surface area contributed by atoms with Crippen molar-refractivity contribution in [1.29, 1.82) is 0 Å². The Morgan fingerprint density at radius 3 is 2.86 bits per heavy atom. The third kappa shape index (κ3) is 6.44. The molecule has 0 amide bonds. The standard InChI is InChI=1S/C21H32N4O3.HI/c1-22-21(24-19-14-18-5-6-20(19)28-18)23-15-16-3-2-4-17(13-16)27-12-9-25-7-10-26-11-8-25;/h2-4,13,18-20H,5-12,14-15H2,1H3,(H2,22,23,24);1H. The van der Waals surface area contributed by atoms with Crippen molar-refractivity contribution in [3.05, 3.63) is 29.8 Å². The summed E-state index contributed by atoms with van der Waals surface area (Å²) in [7, 11) is 1.81. The van der Waals surface area contributed by atoms with Crippen molar-refractivity contribution in [2.75, 3.05) is 46.5 Å². The molecule has 8 heteroatoms. The Morgan fingerprint density at radius 1 is 1.28 bits per heavy atom. The van der Waals surface area contributed by atoms with Gasteiger partial charge in [-0.1, -0.05) is 12.1 Å². The van der Waals surface area contributed by atoms with Gasteiger partial charge in [0.2, 0.25) is 0 Å². The van der Waals surface area contributed by atoms with Crippen LogP contribution in [0.4, 0.5) is 0 Å². The van der Waals surface area contributed by atoms with Gasteiger partial charge in [0, 0.05) is 33.2 Å². The zero-order valence-corrected chi connectivity index (χ0v) is 19.5. The highest BCUT2D eigenvalue weighted by Gasteiger charge is 2.41. The number of ether oxygens (including phenoxy) is 3. The smallest absolute Gasteiger partial charge is 0.191 e. The number of aliphatic imine (C=N–C) groups is 1. The SMILES string of the molecule is CN=C(NCc1cccc(OCCN2CCOCC2)c1)NC1CC2CCC1O2.I. The summed E-state index contributed by atoms with van der Waals surface area (Å²) >= 11 is 0. The van der Waals surface area contributed by atoms with Crippen molar-refractivity contribution in [3.8, 4) is 5.75 Å². The van der Waals surface area contributed by atoms with Crippen molar-refractivity contribution >= 4 is 29.9 Å². The molecule has 1 aromatic carbocycles. The Balaban J connectivity index is 0.00000240. The van der Waals surface area contributed by atoms with Crippen molar-refractivity contribution in [2.45, 2.75) is 44.1 Å². The third-order valence-electron chi connectivity index (χ3n) is 5.79. The van der Waals surface area contributed by atoms with Gasteiger partial charge in [-0.05, 0) is 37.0 Å². The molecule has 4 rings (SSSR count). The number of guanidine groups is 1. The van der Waals surface area contributed by atoms with E-state index in [0.29, 0.717) is 31.4 Å². The fourth-order valence-corrected chi connectivity index (χ4v) is 4.21. The molecule has 162 valence electrons. The normalized spacial score (nSPS) is 26.8. The lowest BCUT2D eigenvalue weighted by Gasteiger charge is -2.26. The maximum absolute atomic E-state index is 5.95. The molecule has 0 spiro atoms. The predicted molar refractivity (Wildman–Crippen MR) is 124 cm³/mol. The van der Waals surface area contributed by atoms with Gasteiger partial charge in [-0.3, -0.25) is 9.89 Å². The van der Waals surface area contributed by atoms with Gasteiger partial charge in [-0.25, -0.2) is 0 Å². The predicted octanol–water partition coefficient (Wildman–Crippen LogP) is 2.00. The minimum absolute atomic E-state index is 0. The van der Waals surface area contributed by atoms with Gasteiger partial charge in [-0.2, -0.15) is 0 Å². The summed E-state index contributed by atoms with van der Waals surface area (Å²) in [6, 6.07) is 8.64. The average Bonchev–Trinajstić information content (AvgIpc) is 3.35. The van der Waals surface area contributed by atoms with Crippen LogP contribution >= 0.6 is 24.0 Å². The molecular weight excluding hydrogens is 483 g/mol. The van der Waals surface area contributed by atoms with E-state index in [4.69, 9.17) is 14.2 Å². The number of fused-ring (bicyclic) bond motifs is 2. The Morgan fingerprint density at radius 2 is 2.14 bits per heavy atom. The summed E-state index contributed by atoms with van der Waals surface area (Å²) in [5.41, 5.74) is 1.18. The molecule has 3 atom stereocenters. The number of halogens is 1. The molecule has 3 saturated heterocycles. The van der Waals surface area contributed by atoms with E-state index in [1.54, 1.807) is 0 Å². The van der Waals surface area contributed by atoms with Crippen LogP contribution in [0.3, 0.4) is 0 Å². The van der Waals surface area contributed by atoms with Crippen LogP contribution in [0.25, 0.3) is 0 Å². The minimum atomic E-state index is 0. The molecule has 3 unspecified atom stereocenters. The van der Waals surface area contributed by atoms with Crippen molar-refractivity contribution < 1.29 is 14.2 Å². The number of benzene rings is 1. The summed E-state index contributed by atoms with van der Waals surface area (Å²) in [5, 5.41) is 6.93. The maximum Gasteiger partial charge on any atom is 0.191 e. The van der Waals surface area contributed by atoms with E-state index < -0.39 is 0 Å². The van der Waals surface area contributed by atoms with Crippen LogP contribution in [0.1, 0.15) is 24.8 Å². The zero-order chi connectivity index (χ0) is 19.2. The lowest BCUT2D eigenvalue weighted by molar-refractivity contribution is 0.0322. The second kappa shape index (κ2) is 11.3.